The molecule has 0 aromatic heterocycles. The molecule has 0 spiro atoms. The Kier molecular flexibility index (Phi) is 5.31. The maximum atomic E-state index is 11.9. The fourth-order valence-electron chi connectivity index (χ4n) is 2.71. The molecule has 0 bridgehead atoms. The van der Waals surface area contributed by atoms with E-state index in [1.807, 2.05) is 0 Å². The Bertz CT molecular complexity index is 522. The predicted octanol–water partition coefficient (Wildman–Crippen LogP) is 2.61. The first-order valence-corrected chi connectivity index (χ1v) is 7.59. The second-order valence-corrected chi connectivity index (χ2v) is 5.70. The molecular weight excluding hydrogens is 290 g/mol. The number of benzene rings is 1. The number of methoxy groups -OCH3 is 1. The van der Waals surface area contributed by atoms with Crippen LogP contribution in [0.15, 0.2) is 12.1 Å². The number of nitrogens with zero attached hydrogens (tertiary/aromatic N) is 1. The maximum absolute atomic E-state index is 11.9. The summed E-state index contributed by atoms with van der Waals surface area (Å²) in [5.74, 6) is -0.435. The Morgan fingerprint density at radius 2 is 2.33 bits per heavy atom. The summed E-state index contributed by atoms with van der Waals surface area (Å²) in [4.78, 5) is 14.3. The van der Waals surface area contributed by atoms with Crippen molar-refractivity contribution in [2.75, 3.05) is 37.8 Å². The first kappa shape index (κ1) is 15.9. The average Bonchev–Trinajstić information content (AvgIpc) is 2.49. The van der Waals surface area contributed by atoms with Gasteiger partial charge in [-0.2, -0.15) is 0 Å². The number of carbonyl (C=O) groups excluding carboxylic acids is 1. The van der Waals surface area contributed by atoms with Gasteiger partial charge in [0.1, 0.15) is 0 Å². The first-order chi connectivity index (χ1) is 10.0. The van der Waals surface area contributed by atoms with Crippen LogP contribution in [0.2, 0.25) is 5.02 Å². The van der Waals surface area contributed by atoms with Crippen LogP contribution >= 0.6 is 11.6 Å². The van der Waals surface area contributed by atoms with E-state index in [0.29, 0.717) is 22.0 Å². The van der Waals surface area contributed by atoms with Crippen molar-refractivity contribution in [1.82, 2.24) is 4.90 Å². The molecule has 21 heavy (non-hydrogen) atoms. The number of nitrogens with two attached hydrogens (primary N) is 1. The second kappa shape index (κ2) is 7.00. The normalized spacial score (nSPS) is 19.3. The molecule has 5 nitrogen and oxygen atoms in total. The molecule has 1 aliphatic heterocycles. The number of carbonyl (C=O) groups is 1. The SMILES string of the molecule is CCN1CCCC(Nc2c(Cl)cc(N)cc2C(=O)OC)C1. The quantitative estimate of drug-likeness (QED) is 0.661. The highest BCUT2D eigenvalue weighted by atomic mass is 35.5. The van der Waals surface area contributed by atoms with E-state index < -0.39 is 5.97 Å². The predicted molar refractivity (Wildman–Crippen MR) is 86.0 cm³/mol. The van der Waals surface area contributed by atoms with E-state index in [1.165, 1.54) is 7.11 Å². The van der Waals surface area contributed by atoms with E-state index in [-0.39, 0.29) is 6.04 Å². The number of likely N-dealkylation sites (N-methyl/N-ethyl adjacent to an activating group) is 1. The van der Waals surface area contributed by atoms with Crippen LogP contribution in [0.3, 0.4) is 0 Å². The Labute approximate surface area is 130 Å². The van der Waals surface area contributed by atoms with E-state index in [4.69, 9.17) is 22.1 Å². The van der Waals surface area contributed by atoms with Gasteiger partial charge in [0.05, 0.1) is 23.4 Å². The van der Waals surface area contributed by atoms with Gasteiger partial charge in [-0.05, 0) is 38.1 Å². The lowest BCUT2D eigenvalue weighted by Crippen LogP contribution is -2.42. The highest BCUT2D eigenvalue weighted by molar-refractivity contribution is 6.34. The van der Waals surface area contributed by atoms with Gasteiger partial charge >= 0.3 is 5.97 Å². The Morgan fingerprint density at radius 1 is 1.57 bits per heavy atom. The number of hydrogen-bond acceptors (Lipinski definition) is 5. The molecule has 1 heterocycles. The van der Waals surface area contributed by atoms with Crippen LogP contribution < -0.4 is 11.1 Å². The van der Waals surface area contributed by atoms with E-state index in [1.54, 1.807) is 12.1 Å². The zero-order valence-electron chi connectivity index (χ0n) is 12.5. The standard InChI is InChI=1S/C15H22ClN3O2/c1-3-19-6-4-5-11(9-19)18-14-12(15(20)21-2)7-10(17)8-13(14)16/h7-8,11,18H,3-6,9,17H2,1-2H3. The van der Waals surface area contributed by atoms with Crippen molar-refractivity contribution in [2.24, 2.45) is 0 Å². The van der Waals surface area contributed by atoms with Crippen LogP contribution in [0.1, 0.15) is 30.1 Å². The molecular formula is C15H22ClN3O2. The van der Waals surface area contributed by atoms with Crippen LogP contribution in [-0.4, -0.2) is 43.7 Å². The molecule has 1 aromatic carbocycles. The van der Waals surface area contributed by atoms with Gasteiger partial charge in [-0.25, -0.2) is 4.79 Å². The zero-order chi connectivity index (χ0) is 15.4. The van der Waals surface area contributed by atoms with Crippen LogP contribution in [0.4, 0.5) is 11.4 Å². The van der Waals surface area contributed by atoms with Gasteiger partial charge in [0.15, 0.2) is 0 Å². The number of nitrogens with one attached hydrogen (secondary N) is 1. The monoisotopic (exact) mass is 311 g/mol. The van der Waals surface area contributed by atoms with Crippen LogP contribution in [0.25, 0.3) is 0 Å². The molecule has 2 rings (SSSR count). The molecule has 0 radical (unpaired) electrons. The van der Waals surface area contributed by atoms with Gasteiger partial charge in [-0.3, -0.25) is 0 Å². The summed E-state index contributed by atoms with van der Waals surface area (Å²) in [6.07, 6.45) is 2.18. The lowest BCUT2D eigenvalue weighted by molar-refractivity contribution is 0.0601. The number of piperidine rings is 1. The molecule has 1 saturated heterocycles. The third-order valence-corrected chi connectivity index (χ3v) is 4.12. The maximum Gasteiger partial charge on any atom is 0.340 e. The Balaban J connectivity index is 2.24. The lowest BCUT2D eigenvalue weighted by atomic mass is 10.0. The molecule has 1 atom stereocenters. The number of rotatable bonds is 4. The number of likely N-dealkylation sites (tertiary alicyclic amines) is 1. The molecule has 3 N–H and O–H groups in total. The van der Waals surface area contributed by atoms with E-state index in [9.17, 15) is 4.79 Å². The van der Waals surface area contributed by atoms with Crippen LogP contribution in [-0.2, 0) is 4.74 Å². The number of esters is 1. The molecule has 0 amide bonds. The molecule has 0 aliphatic carbocycles. The average molecular weight is 312 g/mol. The molecule has 0 saturated carbocycles. The van der Waals surface area contributed by atoms with Crippen molar-refractivity contribution in [3.8, 4) is 0 Å². The fraction of sp³-hybridized carbons (Fsp3) is 0.533. The largest absolute Gasteiger partial charge is 0.465 e. The van der Waals surface area contributed by atoms with Gasteiger partial charge in [0.2, 0.25) is 0 Å². The van der Waals surface area contributed by atoms with Crippen molar-refractivity contribution < 1.29 is 9.53 Å². The molecule has 6 heteroatoms. The van der Waals surface area contributed by atoms with Crippen LogP contribution in [0, 0.1) is 0 Å². The minimum Gasteiger partial charge on any atom is -0.465 e. The minimum atomic E-state index is -0.435. The Hall–Kier alpha value is -1.46. The van der Waals surface area contributed by atoms with Gasteiger partial charge in [0, 0.05) is 18.3 Å². The smallest absolute Gasteiger partial charge is 0.340 e. The van der Waals surface area contributed by atoms with Gasteiger partial charge in [0.25, 0.3) is 0 Å². The summed E-state index contributed by atoms with van der Waals surface area (Å²) in [7, 11) is 1.35. The topological polar surface area (TPSA) is 67.6 Å². The molecule has 1 fully saturated rings. The lowest BCUT2D eigenvalue weighted by Gasteiger charge is -2.33. The number of hydrogen-bond donors (Lipinski definition) is 2. The van der Waals surface area contributed by atoms with Gasteiger partial charge in [-0.1, -0.05) is 18.5 Å². The first-order valence-electron chi connectivity index (χ1n) is 7.21. The molecule has 1 aromatic rings. The Morgan fingerprint density at radius 3 is 3.00 bits per heavy atom. The van der Waals surface area contributed by atoms with Crippen molar-refractivity contribution in [3.05, 3.63) is 22.7 Å². The number of nitrogen functional groups attached to an aromatic ring is 1. The number of anilines is 2. The van der Waals surface area contributed by atoms with Crippen LogP contribution in [0.5, 0.6) is 0 Å². The summed E-state index contributed by atoms with van der Waals surface area (Å²) < 4.78 is 4.81. The highest BCUT2D eigenvalue weighted by Crippen LogP contribution is 2.31. The highest BCUT2D eigenvalue weighted by Gasteiger charge is 2.23. The van der Waals surface area contributed by atoms with Crippen molar-refractivity contribution in [2.45, 2.75) is 25.8 Å². The summed E-state index contributed by atoms with van der Waals surface area (Å²) in [5.41, 5.74) is 7.22. The minimum absolute atomic E-state index is 0.267. The number of ether oxygens (including phenoxy) is 1. The fourth-order valence-corrected chi connectivity index (χ4v) is 2.99. The van der Waals surface area contributed by atoms with Gasteiger partial charge < -0.3 is 20.7 Å². The zero-order valence-corrected chi connectivity index (χ0v) is 13.2. The molecule has 116 valence electrons. The summed E-state index contributed by atoms with van der Waals surface area (Å²) >= 11 is 6.26. The molecule has 1 aliphatic rings. The summed E-state index contributed by atoms with van der Waals surface area (Å²) in [5, 5.41) is 3.84. The number of halogens is 1. The van der Waals surface area contributed by atoms with E-state index >= 15 is 0 Å². The van der Waals surface area contributed by atoms with Gasteiger partial charge in [-0.15, -0.1) is 0 Å². The van der Waals surface area contributed by atoms with Crippen molar-refractivity contribution in [3.63, 3.8) is 0 Å². The third kappa shape index (κ3) is 3.80. The summed E-state index contributed by atoms with van der Waals surface area (Å²) in [6, 6.07) is 3.51. The third-order valence-electron chi connectivity index (χ3n) is 3.82. The van der Waals surface area contributed by atoms with Crippen molar-refractivity contribution >= 4 is 28.9 Å². The van der Waals surface area contributed by atoms with E-state index in [2.05, 4.69) is 17.1 Å². The van der Waals surface area contributed by atoms with E-state index in [0.717, 1.165) is 32.5 Å². The van der Waals surface area contributed by atoms with Crippen molar-refractivity contribution in [1.29, 1.82) is 0 Å². The summed E-state index contributed by atoms with van der Waals surface area (Å²) in [6.45, 7) is 5.24. The molecule has 1 unspecified atom stereocenters. The second-order valence-electron chi connectivity index (χ2n) is 5.29.